The summed E-state index contributed by atoms with van der Waals surface area (Å²) in [6.07, 6.45) is 0.122. The van der Waals surface area contributed by atoms with Gasteiger partial charge in [0.05, 0.1) is 12.5 Å². The Morgan fingerprint density at radius 3 is 1.88 bits per heavy atom. The first-order chi connectivity index (χ1) is 23.3. The SMILES string of the molecule is CC(NC(=O)C(Cc1ccccc1)NC(=O)Cc1ccccc1)C(=O)C(=O)NC(Cc1cccc2ccccc12)C(=O)NC(C)(C)C(=O)O. The molecule has 4 aromatic rings. The summed E-state index contributed by atoms with van der Waals surface area (Å²) >= 11 is 0. The Kier molecular flexibility index (Phi) is 12.0. The van der Waals surface area contributed by atoms with Crippen LogP contribution in [0.4, 0.5) is 0 Å². The molecule has 5 N–H and O–H groups in total. The lowest BCUT2D eigenvalue weighted by Crippen LogP contribution is -2.59. The van der Waals surface area contributed by atoms with Gasteiger partial charge in [-0.15, -0.1) is 0 Å². The Morgan fingerprint density at radius 1 is 0.653 bits per heavy atom. The molecule has 11 nitrogen and oxygen atoms in total. The minimum absolute atomic E-state index is 0.0368. The lowest BCUT2D eigenvalue weighted by atomic mass is 9.97. The van der Waals surface area contributed by atoms with Gasteiger partial charge in [0.1, 0.15) is 17.6 Å². The summed E-state index contributed by atoms with van der Waals surface area (Å²) < 4.78 is 0. The van der Waals surface area contributed by atoms with Crippen LogP contribution in [0.1, 0.15) is 37.5 Å². The number of ketones is 1. The third kappa shape index (κ3) is 10.1. The molecule has 0 fully saturated rings. The van der Waals surface area contributed by atoms with Crippen LogP contribution in [0.25, 0.3) is 10.8 Å². The molecule has 3 atom stereocenters. The molecule has 0 radical (unpaired) electrons. The number of hydrogen-bond acceptors (Lipinski definition) is 6. The van der Waals surface area contributed by atoms with Crippen molar-refractivity contribution in [3.63, 3.8) is 0 Å². The van der Waals surface area contributed by atoms with Crippen molar-refractivity contribution in [2.45, 2.75) is 63.7 Å². The largest absolute Gasteiger partial charge is 0.480 e. The van der Waals surface area contributed by atoms with E-state index in [0.29, 0.717) is 5.56 Å². The highest BCUT2D eigenvalue weighted by Gasteiger charge is 2.35. The standard InChI is InChI=1S/C38H40N4O7/c1-24(39-34(45)30(21-25-13-6-4-7-14-25)40-32(43)22-26-15-8-5-9-16-26)33(44)36(47)41-31(35(46)42-38(2,3)37(48)49)23-28-19-12-18-27-17-10-11-20-29(27)28/h4-20,24,30-31H,21-23H2,1-3H3,(H,39,45)(H,40,43)(H,41,47)(H,42,46)(H,48,49). The molecule has 254 valence electrons. The molecule has 0 aromatic heterocycles. The predicted molar refractivity (Wildman–Crippen MR) is 184 cm³/mol. The Balaban J connectivity index is 1.49. The van der Waals surface area contributed by atoms with Gasteiger partial charge in [-0.25, -0.2) is 4.79 Å². The highest BCUT2D eigenvalue weighted by Crippen LogP contribution is 2.20. The third-order valence-corrected chi connectivity index (χ3v) is 8.01. The van der Waals surface area contributed by atoms with Crippen LogP contribution in [-0.4, -0.2) is 64.2 Å². The first-order valence-electron chi connectivity index (χ1n) is 15.9. The molecule has 0 spiro atoms. The van der Waals surface area contributed by atoms with Gasteiger partial charge in [-0.2, -0.15) is 0 Å². The van der Waals surface area contributed by atoms with E-state index in [1.165, 1.54) is 20.8 Å². The molecule has 49 heavy (non-hydrogen) atoms. The maximum Gasteiger partial charge on any atom is 0.328 e. The molecule has 11 heteroatoms. The van der Waals surface area contributed by atoms with Gasteiger partial charge >= 0.3 is 5.97 Å². The number of rotatable bonds is 15. The Labute approximate surface area is 284 Å². The lowest BCUT2D eigenvalue weighted by molar-refractivity contribution is -0.146. The van der Waals surface area contributed by atoms with E-state index in [2.05, 4.69) is 21.3 Å². The molecule has 0 heterocycles. The van der Waals surface area contributed by atoms with Crippen LogP contribution < -0.4 is 21.3 Å². The maximum absolute atomic E-state index is 13.5. The van der Waals surface area contributed by atoms with Crippen LogP contribution in [0, 0.1) is 0 Å². The van der Waals surface area contributed by atoms with E-state index < -0.39 is 59.0 Å². The Hall–Kier alpha value is -5.84. The average Bonchev–Trinajstić information content (AvgIpc) is 3.08. The highest BCUT2D eigenvalue weighted by atomic mass is 16.4. The average molecular weight is 665 g/mol. The monoisotopic (exact) mass is 664 g/mol. The van der Waals surface area contributed by atoms with E-state index >= 15 is 0 Å². The molecule has 0 aliphatic rings. The van der Waals surface area contributed by atoms with Crippen molar-refractivity contribution in [3.8, 4) is 0 Å². The first-order valence-corrected chi connectivity index (χ1v) is 15.9. The molecule has 0 aliphatic heterocycles. The molecule has 0 bridgehead atoms. The summed E-state index contributed by atoms with van der Waals surface area (Å²) in [6.45, 7) is 3.94. The van der Waals surface area contributed by atoms with Crippen LogP contribution in [0.3, 0.4) is 0 Å². The molecule has 0 aliphatic carbocycles. The zero-order chi connectivity index (χ0) is 35.6. The number of carboxylic acid groups (broad SMARTS) is 1. The fourth-order valence-corrected chi connectivity index (χ4v) is 5.24. The molecular weight excluding hydrogens is 624 g/mol. The van der Waals surface area contributed by atoms with E-state index in [4.69, 9.17) is 0 Å². The zero-order valence-electron chi connectivity index (χ0n) is 27.6. The van der Waals surface area contributed by atoms with E-state index in [1.807, 2.05) is 42.5 Å². The van der Waals surface area contributed by atoms with Gasteiger partial charge in [-0.05, 0) is 48.2 Å². The summed E-state index contributed by atoms with van der Waals surface area (Å²) in [5.41, 5.74) is 0.553. The number of carbonyl (C=O) groups is 6. The third-order valence-electron chi connectivity index (χ3n) is 8.01. The smallest absolute Gasteiger partial charge is 0.328 e. The van der Waals surface area contributed by atoms with Gasteiger partial charge in [0.25, 0.3) is 5.91 Å². The van der Waals surface area contributed by atoms with Gasteiger partial charge in [0.2, 0.25) is 23.5 Å². The topological polar surface area (TPSA) is 171 Å². The maximum atomic E-state index is 13.5. The molecule has 0 saturated carbocycles. The minimum Gasteiger partial charge on any atom is -0.480 e. The Morgan fingerprint density at radius 2 is 1.22 bits per heavy atom. The number of benzene rings is 4. The van der Waals surface area contributed by atoms with Crippen molar-refractivity contribution in [3.05, 3.63) is 120 Å². The number of aliphatic carboxylic acids is 1. The predicted octanol–water partition coefficient (Wildman–Crippen LogP) is 2.89. The van der Waals surface area contributed by atoms with Gasteiger partial charge in [0.15, 0.2) is 0 Å². The number of amides is 4. The van der Waals surface area contributed by atoms with Crippen LogP contribution in [-0.2, 0) is 48.0 Å². The summed E-state index contributed by atoms with van der Waals surface area (Å²) in [4.78, 5) is 78.1. The van der Waals surface area contributed by atoms with Gasteiger partial charge in [0, 0.05) is 12.8 Å². The van der Waals surface area contributed by atoms with Crippen molar-refractivity contribution in [2.75, 3.05) is 0 Å². The van der Waals surface area contributed by atoms with Crippen LogP contribution in [0.2, 0.25) is 0 Å². The number of fused-ring (bicyclic) bond motifs is 1. The van der Waals surface area contributed by atoms with Crippen LogP contribution in [0.5, 0.6) is 0 Å². The van der Waals surface area contributed by atoms with Gasteiger partial charge in [-0.1, -0.05) is 103 Å². The quantitative estimate of drug-likeness (QED) is 0.122. The Bertz CT molecular complexity index is 1820. The van der Waals surface area contributed by atoms with Crippen molar-refractivity contribution in [1.82, 2.24) is 21.3 Å². The molecule has 4 amide bonds. The molecule has 3 unspecified atom stereocenters. The fraction of sp³-hybridized carbons (Fsp3) is 0.263. The number of nitrogens with one attached hydrogen (secondary N) is 4. The summed E-state index contributed by atoms with van der Waals surface area (Å²) in [5, 5.41) is 21.5. The van der Waals surface area contributed by atoms with Crippen molar-refractivity contribution in [1.29, 1.82) is 0 Å². The van der Waals surface area contributed by atoms with E-state index in [1.54, 1.807) is 60.7 Å². The molecular formula is C38H40N4O7. The highest BCUT2D eigenvalue weighted by molar-refractivity contribution is 6.38. The van der Waals surface area contributed by atoms with Crippen LogP contribution >= 0.6 is 0 Å². The second kappa shape index (κ2) is 16.3. The van der Waals surface area contributed by atoms with Gasteiger partial charge < -0.3 is 26.4 Å². The summed E-state index contributed by atoms with van der Waals surface area (Å²) in [5.74, 6) is -5.34. The number of hydrogen-bond donors (Lipinski definition) is 5. The van der Waals surface area contributed by atoms with E-state index in [0.717, 1.165) is 21.9 Å². The minimum atomic E-state index is -1.66. The zero-order valence-corrected chi connectivity index (χ0v) is 27.6. The number of Topliss-reactive ketones (excluding diaryl/α,β-unsaturated/α-hetero) is 1. The van der Waals surface area contributed by atoms with E-state index in [-0.39, 0.29) is 19.3 Å². The number of carbonyl (C=O) groups excluding carboxylic acids is 5. The normalized spacial score (nSPS) is 13.0. The molecule has 4 aromatic carbocycles. The van der Waals surface area contributed by atoms with Gasteiger partial charge in [-0.3, -0.25) is 24.0 Å². The lowest BCUT2D eigenvalue weighted by Gasteiger charge is -2.26. The summed E-state index contributed by atoms with van der Waals surface area (Å²) in [7, 11) is 0. The van der Waals surface area contributed by atoms with E-state index in [9.17, 15) is 33.9 Å². The first kappa shape index (κ1) is 36.0. The van der Waals surface area contributed by atoms with Crippen molar-refractivity contribution in [2.24, 2.45) is 0 Å². The summed E-state index contributed by atoms with van der Waals surface area (Å²) in [6, 6.07) is 27.3. The van der Waals surface area contributed by atoms with Crippen molar-refractivity contribution >= 4 is 46.2 Å². The van der Waals surface area contributed by atoms with Crippen LogP contribution in [0.15, 0.2) is 103 Å². The molecule has 4 rings (SSSR count). The molecule has 0 saturated heterocycles. The number of carboxylic acids is 1. The second-order valence-corrected chi connectivity index (χ2v) is 12.4. The van der Waals surface area contributed by atoms with Crippen molar-refractivity contribution < 1.29 is 33.9 Å². The fourth-order valence-electron chi connectivity index (χ4n) is 5.24. The second-order valence-electron chi connectivity index (χ2n) is 12.4.